The minimum absolute atomic E-state index is 0.149. The van der Waals surface area contributed by atoms with Gasteiger partial charge in [0.2, 0.25) is 0 Å². The number of amides is 1. The Morgan fingerprint density at radius 1 is 1.22 bits per heavy atom. The lowest BCUT2D eigenvalue weighted by molar-refractivity contribution is 0.0951. The average Bonchev–Trinajstić information content (AvgIpc) is 3.14. The van der Waals surface area contributed by atoms with Gasteiger partial charge in [-0.05, 0) is 42.0 Å². The molecule has 0 aliphatic carbocycles. The maximum absolute atomic E-state index is 12.2. The summed E-state index contributed by atoms with van der Waals surface area (Å²) in [5.74, 6) is -0.149. The van der Waals surface area contributed by atoms with Crippen LogP contribution in [-0.4, -0.2) is 15.5 Å². The van der Waals surface area contributed by atoms with E-state index in [9.17, 15) is 4.79 Å². The predicted octanol–water partition coefficient (Wildman–Crippen LogP) is 2.67. The summed E-state index contributed by atoms with van der Waals surface area (Å²) < 4.78 is 1.87. The number of hydrogen-bond donors (Lipinski definition) is 1. The summed E-state index contributed by atoms with van der Waals surface area (Å²) in [7, 11) is 0. The largest absolute Gasteiger partial charge is 0.348 e. The first-order valence-corrected chi connectivity index (χ1v) is 7.12. The van der Waals surface area contributed by atoms with Gasteiger partial charge in [-0.15, -0.1) is 0 Å². The van der Waals surface area contributed by atoms with Gasteiger partial charge in [-0.3, -0.25) is 4.79 Å². The molecule has 1 heterocycles. The Labute approximate surface area is 133 Å². The fraction of sp³-hybridized carbons (Fsp3) is 0.0556. The summed E-state index contributed by atoms with van der Waals surface area (Å²) in [4.78, 5) is 16.2. The Balaban J connectivity index is 1.65. The molecule has 0 bridgehead atoms. The van der Waals surface area contributed by atoms with E-state index in [1.165, 1.54) is 0 Å². The molecule has 5 nitrogen and oxygen atoms in total. The summed E-state index contributed by atoms with van der Waals surface area (Å²) in [5, 5.41) is 11.7. The minimum Gasteiger partial charge on any atom is -0.348 e. The second-order valence-corrected chi connectivity index (χ2v) is 5.01. The van der Waals surface area contributed by atoms with Crippen molar-refractivity contribution in [2.75, 3.05) is 0 Å². The van der Waals surface area contributed by atoms with E-state index in [2.05, 4.69) is 16.4 Å². The van der Waals surface area contributed by atoms with E-state index in [0.29, 0.717) is 17.7 Å². The molecule has 0 unspecified atom stereocenters. The van der Waals surface area contributed by atoms with Gasteiger partial charge in [-0.25, -0.2) is 4.98 Å². The van der Waals surface area contributed by atoms with Crippen LogP contribution in [0.15, 0.2) is 67.3 Å². The van der Waals surface area contributed by atoms with Crippen molar-refractivity contribution >= 4 is 5.91 Å². The molecule has 0 aliphatic heterocycles. The van der Waals surface area contributed by atoms with Gasteiger partial charge < -0.3 is 9.88 Å². The van der Waals surface area contributed by atoms with Crippen molar-refractivity contribution in [3.8, 4) is 11.8 Å². The van der Waals surface area contributed by atoms with Crippen molar-refractivity contribution in [2.45, 2.75) is 6.54 Å². The second-order valence-electron chi connectivity index (χ2n) is 5.01. The normalized spacial score (nSPS) is 10.0. The van der Waals surface area contributed by atoms with Gasteiger partial charge in [-0.2, -0.15) is 5.26 Å². The van der Waals surface area contributed by atoms with Crippen molar-refractivity contribution in [3.63, 3.8) is 0 Å². The molecule has 1 amide bonds. The number of carbonyl (C=O) groups excluding carboxylic acids is 1. The third-order valence-corrected chi connectivity index (χ3v) is 3.44. The first-order valence-electron chi connectivity index (χ1n) is 7.12. The van der Waals surface area contributed by atoms with Gasteiger partial charge in [0.05, 0.1) is 18.0 Å². The molecule has 0 radical (unpaired) electrons. The van der Waals surface area contributed by atoms with Crippen LogP contribution < -0.4 is 5.32 Å². The van der Waals surface area contributed by atoms with Gasteiger partial charge in [0.1, 0.15) is 0 Å². The van der Waals surface area contributed by atoms with E-state index in [-0.39, 0.29) is 5.91 Å². The van der Waals surface area contributed by atoms with Crippen molar-refractivity contribution in [1.82, 2.24) is 14.9 Å². The summed E-state index contributed by atoms with van der Waals surface area (Å²) in [6.07, 6.45) is 5.25. The van der Waals surface area contributed by atoms with E-state index in [0.717, 1.165) is 11.3 Å². The Morgan fingerprint density at radius 3 is 2.74 bits per heavy atom. The zero-order chi connectivity index (χ0) is 16.1. The van der Waals surface area contributed by atoms with Crippen molar-refractivity contribution in [2.24, 2.45) is 0 Å². The number of aromatic nitrogens is 2. The van der Waals surface area contributed by atoms with Crippen LogP contribution in [0.25, 0.3) is 5.69 Å². The highest BCUT2D eigenvalue weighted by molar-refractivity contribution is 5.94. The third-order valence-electron chi connectivity index (χ3n) is 3.44. The highest BCUT2D eigenvalue weighted by Gasteiger charge is 2.06. The van der Waals surface area contributed by atoms with Crippen molar-refractivity contribution < 1.29 is 4.79 Å². The predicted molar refractivity (Wildman–Crippen MR) is 85.9 cm³/mol. The van der Waals surface area contributed by atoms with E-state index < -0.39 is 0 Å². The maximum Gasteiger partial charge on any atom is 0.251 e. The van der Waals surface area contributed by atoms with Crippen LogP contribution in [0.2, 0.25) is 0 Å². The van der Waals surface area contributed by atoms with Gasteiger partial charge in [0.25, 0.3) is 5.91 Å². The Bertz CT molecular complexity index is 845. The van der Waals surface area contributed by atoms with Crippen molar-refractivity contribution in [3.05, 3.63) is 83.9 Å². The number of imidazole rings is 1. The number of nitriles is 1. The number of hydrogen-bond acceptors (Lipinski definition) is 3. The lowest BCUT2D eigenvalue weighted by Crippen LogP contribution is -2.22. The smallest absolute Gasteiger partial charge is 0.251 e. The lowest BCUT2D eigenvalue weighted by Gasteiger charge is -2.07. The monoisotopic (exact) mass is 302 g/mol. The molecule has 1 aromatic heterocycles. The third kappa shape index (κ3) is 3.44. The number of carbonyl (C=O) groups is 1. The van der Waals surface area contributed by atoms with Gasteiger partial charge in [0, 0.05) is 30.2 Å². The standard InChI is InChI=1S/C18H14N4O/c19-11-14-2-1-3-15(10-14)12-21-18(23)16-4-6-17(7-5-16)22-9-8-20-13-22/h1-10,13H,12H2,(H,21,23). The SMILES string of the molecule is N#Cc1cccc(CNC(=O)c2ccc(-n3ccnc3)cc2)c1. The molecule has 5 heteroatoms. The van der Waals surface area contributed by atoms with E-state index in [1.54, 1.807) is 42.9 Å². The minimum atomic E-state index is -0.149. The molecule has 0 spiro atoms. The van der Waals surface area contributed by atoms with Crippen LogP contribution in [0.5, 0.6) is 0 Å². The molecule has 3 rings (SSSR count). The topological polar surface area (TPSA) is 70.7 Å². The zero-order valence-corrected chi connectivity index (χ0v) is 12.3. The summed E-state index contributed by atoms with van der Waals surface area (Å²) in [5.41, 5.74) is 3.01. The lowest BCUT2D eigenvalue weighted by atomic mass is 10.1. The summed E-state index contributed by atoms with van der Waals surface area (Å²) in [6.45, 7) is 0.387. The van der Waals surface area contributed by atoms with Gasteiger partial charge in [-0.1, -0.05) is 12.1 Å². The quantitative estimate of drug-likeness (QED) is 0.805. The fourth-order valence-electron chi connectivity index (χ4n) is 2.23. The molecule has 0 aliphatic rings. The molecule has 3 aromatic rings. The van der Waals surface area contributed by atoms with Gasteiger partial charge >= 0.3 is 0 Å². The van der Waals surface area contributed by atoms with Crippen LogP contribution in [-0.2, 0) is 6.54 Å². The molecule has 0 saturated carbocycles. The van der Waals surface area contributed by atoms with E-state index in [4.69, 9.17) is 5.26 Å². The van der Waals surface area contributed by atoms with Crippen LogP contribution in [0, 0.1) is 11.3 Å². The highest BCUT2D eigenvalue weighted by atomic mass is 16.1. The van der Waals surface area contributed by atoms with Gasteiger partial charge in [0.15, 0.2) is 0 Å². The van der Waals surface area contributed by atoms with E-state index >= 15 is 0 Å². The number of nitrogens with one attached hydrogen (secondary N) is 1. The van der Waals surface area contributed by atoms with Crippen molar-refractivity contribution in [1.29, 1.82) is 5.26 Å². The second kappa shape index (κ2) is 6.58. The molecular formula is C18H14N4O. The first-order chi connectivity index (χ1) is 11.3. The van der Waals surface area contributed by atoms with Crippen LogP contribution in [0.1, 0.15) is 21.5 Å². The molecule has 1 N–H and O–H groups in total. The van der Waals surface area contributed by atoms with Crippen LogP contribution >= 0.6 is 0 Å². The molecule has 2 aromatic carbocycles. The number of benzene rings is 2. The maximum atomic E-state index is 12.2. The number of nitrogens with zero attached hydrogens (tertiary/aromatic N) is 3. The van der Waals surface area contributed by atoms with Crippen LogP contribution in [0.4, 0.5) is 0 Å². The summed E-state index contributed by atoms with van der Waals surface area (Å²) >= 11 is 0. The Hall–Kier alpha value is -3.39. The molecular weight excluding hydrogens is 288 g/mol. The molecule has 0 saturated heterocycles. The average molecular weight is 302 g/mol. The Morgan fingerprint density at radius 2 is 2.04 bits per heavy atom. The molecule has 0 fully saturated rings. The fourth-order valence-corrected chi connectivity index (χ4v) is 2.23. The highest BCUT2D eigenvalue weighted by Crippen LogP contribution is 2.10. The molecule has 0 atom stereocenters. The number of rotatable bonds is 4. The molecule has 23 heavy (non-hydrogen) atoms. The van der Waals surface area contributed by atoms with E-state index in [1.807, 2.05) is 29.0 Å². The molecule has 112 valence electrons. The Kier molecular flexibility index (Phi) is 4.16. The summed E-state index contributed by atoms with van der Waals surface area (Å²) in [6, 6.07) is 16.6. The first kappa shape index (κ1) is 14.5. The zero-order valence-electron chi connectivity index (χ0n) is 12.3. The van der Waals surface area contributed by atoms with Crippen LogP contribution in [0.3, 0.4) is 0 Å².